The fourth-order valence-corrected chi connectivity index (χ4v) is 8.09. The third kappa shape index (κ3) is 8.91. The maximum absolute atomic E-state index is 15.6. The first-order valence-electron chi connectivity index (χ1n) is 19.3. The van der Waals surface area contributed by atoms with Gasteiger partial charge in [0.15, 0.2) is 5.11 Å². The first-order chi connectivity index (χ1) is 27.5. The lowest BCUT2D eigenvalue weighted by Gasteiger charge is -2.34. The summed E-state index contributed by atoms with van der Waals surface area (Å²) in [7, 11) is 1.62. The number of rotatable bonds is 13. The van der Waals surface area contributed by atoms with Crippen molar-refractivity contribution in [2.24, 2.45) is 0 Å². The molecule has 4 aromatic rings. The summed E-state index contributed by atoms with van der Waals surface area (Å²) in [5, 5.41) is 9.01. The first kappa shape index (κ1) is 42.4. The summed E-state index contributed by atoms with van der Waals surface area (Å²) < 4.78 is 56.7. The molecule has 0 spiro atoms. The van der Waals surface area contributed by atoms with Gasteiger partial charge in [0.1, 0.15) is 11.4 Å². The van der Waals surface area contributed by atoms with Crippen LogP contribution in [0, 0.1) is 17.1 Å². The summed E-state index contributed by atoms with van der Waals surface area (Å²) in [6.07, 6.45) is 1.38. The second kappa shape index (κ2) is 17.3. The van der Waals surface area contributed by atoms with E-state index in [9.17, 15) is 32.8 Å². The van der Waals surface area contributed by atoms with E-state index in [0.717, 1.165) is 104 Å². The van der Waals surface area contributed by atoms with Crippen LogP contribution in [-0.4, -0.2) is 93.4 Å². The SMILES string of the molecule is CCc1cc2ncc(CN3CCN(CCCCCCN(C)C(=O)c4ccc(N5C(=S)N(c6ccc(C#N)c(C(F)(F)F)c6)C(=O)C5(C)C)cc4F)CC3)cc2[nH]c1=O. The Morgan fingerprint density at radius 3 is 2.34 bits per heavy atom. The highest BCUT2D eigenvalue weighted by atomic mass is 32.1. The van der Waals surface area contributed by atoms with Gasteiger partial charge >= 0.3 is 6.18 Å². The number of hydrogen-bond donors (Lipinski definition) is 1. The number of pyridine rings is 2. The van der Waals surface area contributed by atoms with Crippen molar-refractivity contribution in [1.29, 1.82) is 5.26 Å². The summed E-state index contributed by atoms with van der Waals surface area (Å²) in [6.45, 7) is 11.0. The van der Waals surface area contributed by atoms with E-state index in [-0.39, 0.29) is 27.6 Å². The molecule has 4 heterocycles. The molecule has 2 saturated heterocycles. The number of amides is 2. The van der Waals surface area contributed by atoms with Crippen LogP contribution in [-0.2, 0) is 23.9 Å². The Hall–Kier alpha value is -5.24. The van der Waals surface area contributed by atoms with Gasteiger partial charge in [0.05, 0.1) is 39.5 Å². The Bertz CT molecular complexity index is 2320. The van der Waals surface area contributed by atoms with Crippen molar-refractivity contribution >= 4 is 51.6 Å². The number of H-pyrrole nitrogens is 1. The molecule has 0 aliphatic carbocycles. The molecule has 0 atom stereocenters. The molecule has 58 heavy (non-hydrogen) atoms. The van der Waals surface area contributed by atoms with Crippen LogP contribution < -0.4 is 15.4 Å². The van der Waals surface area contributed by atoms with Crippen molar-refractivity contribution in [3.8, 4) is 6.07 Å². The van der Waals surface area contributed by atoms with Crippen LogP contribution in [0.3, 0.4) is 0 Å². The van der Waals surface area contributed by atoms with E-state index < -0.39 is 40.5 Å². The van der Waals surface area contributed by atoms with Gasteiger partial charge in [0, 0.05) is 63.8 Å². The minimum Gasteiger partial charge on any atom is -0.342 e. The summed E-state index contributed by atoms with van der Waals surface area (Å²) in [5.41, 5.74) is -0.0958. The van der Waals surface area contributed by atoms with Gasteiger partial charge in [-0.05, 0) is 106 Å². The Labute approximate surface area is 339 Å². The number of fused-ring (bicyclic) bond motifs is 1. The minimum absolute atomic E-state index is 0.0618. The normalized spacial score (nSPS) is 16.3. The van der Waals surface area contributed by atoms with E-state index in [1.165, 1.54) is 47.9 Å². The van der Waals surface area contributed by atoms with Gasteiger partial charge in [-0.2, -0.15) is 18.4 Å². The average molecular weight is 819 g/mol. The van der Waals surface area contributed by atoms with Gasteiger partial charge in [-0.3, -0.25) is 29.2 Å². The maximum atomic E-state index is 15.6. The van der Waals surface area contributed by atoms with Crippen molar-refractivity contribution in [3.05, 3.63) is 98.7 Å². The van der Waals surface area contributed by atoms with E-state index >= 15 is 4.39 Å². The monoisotopic (exact) mass is 818 g/mol. The topological polar surface area (TPSA) is 120 Å². The van der Waals surface area contributed by atoms with Crippen molar-refractivity contribution < 1.29 is 27.2 Å². The number of thiocarbonyl (C=S) groups is 1. The van der Waals surface area contributed by atoms with Gasteiger partial charge in [-0.1, -0.05) is 19.8 Å². The predicted molar refractivity (Wildman–Crippen MR) is 218 cm³/mol. The number of nitrogens with one attached hydrogen (secondary N) is 1. The van der Waals surface area contributed by atoms with E-state index in [1.54, 1.807) is 7.05 Å². The number of alkyl halides is 3. The molecule has 2 fully saturated rings. The molecule has 0 saturated carbocycles. The number of halogens is 4. The molecule has 1 N–H and O–H groups in total. The third-order valence-electron chi connectivity index (χ3n) is 10.9. The zero-order valence-corrected chi connectivity index (χ0v) is 33.8. The summed E-state index contributed by atoms with van der Waals surface area (Å²) >= 11 is 5.55. The maximum Gasteiger partial charge on any atom is 0.417 e. The summed E-state index contributed by atoms with van der Waals surface area (Å²) in [5.74, 6) is -1.97. The standard InChI is InChI=1S/C42H46F4N8O3S/c1-5-28-21-35-36(49-37(28)55)20-27(25-48-35)26-52-18-16-51(17-19-52)15-9-7-6-8-14-50(4)38(56)32-13-12-31(23-34(32)43)54-40(58)53(39(57)41(54,2)3)30-11-10-29(24-47)33(22-30)42(44,45)46/h10-13,20-23,25H,5-9,14-19,26H2,1-4H3,(H,49,55). The number of anilines is 2. The Morgan fingerprint density at radius 2 is 1.67 bits per heavy atom. The van der Waals surface area contributed by atoms with Gasteiger partial charge < -0.3 is 19.7 Å². The molecule has 11 nitrogen and oxygen atoms in total. The highest BCUT2D eigenvalue weighted by molar-refractivity contribution is 7.81. The number of piperazine rings is 1. The van der Waals surface area contributed by atoms with Crippen LogP contribution in [0.2, 0.25) is 0 Å². The number of aromatic amines is 1. The Balaban J connectivity index is 0.950. The quantitative estimate of drug-likeness (QED) is 0.0875. The molecular weight excluding hydrogens is 773 g/mol. The van der Waals surface area contributed by atoms with E-state index in [0.29, 0.717) is 19.0 Å². The average Bonchev–Trinajstić information content (AvgIpc) is 3.37. The Morgan fingerprint density at radius 1 is 0.983 bits per heavy atom. The smallest absolute Gasteiger partial charge is 0.342 e. The molecule has 2 aromatic carbocycles. The van der Waals surface area contributed by atoms with Crippen LogP contribution >= 0.6 is 12.2 Å². The Kier molecular flexibility index (Phi) is 12.6. The molecule has 2 amide bonds. The molecule has 0 bridgehead atoms. The first-order valence-corrected chi connectivity index (χ1v) is 19.7. The summed E-state index contributed by atoms with van der Waals surface area (Å²) in [4.78, 5) is 55.2. The number of carbonyl (C=O) groups is 2. The number of nitriles is 1. The summed E-state index contributed by atoms with van der Waals surface area (Å²) in [6, 6.07) is 12.1. The van der Waals surface area contributed by atoms with Crippen molar-refractivity contribution in [1.82, 2.24) is 24.7 Å². The zero-order chi connectivity index (χ0) is 41.9. The molecule has 2 aromatic heterocycles. The number of aryl methyl sites for hydroxylation is 1. The molecule has 306 valence electrons. The lowest BCUT2D eigenvalue weighted by Crippen LogP contribution is -2.46. The molecule has 6 rings (SSSR count). The zero-order valence-electron chi connectivity index (χ0n) is 33.0. The van der Waals surface area contributed by atoms with Crippen LogP contribution in [0.5, 0.6) is 0 Å². The highest BCUT2D eigenvalue weighted by Crippen LogP contribution is 2.40. The largest absolute Gasteiger partial charge is 0.417 e. The van der Waals surface area contributed by atoms with Gasteiger partial charge in [-0.25, -0.2) is 4.39 Å². The van der Waals surface area contributed by atoms with Crippen LogP contribution in [0.25, 0.3) is 11.0 Å². The number of benzene rings is 2. The van der Waals surface area contributed by atoms with Crippen LogP contribution in [0.4, 0.5) is 28.9 Å². The van der Waals surface area contributed by atoms with Gasteiger partial charge in [-0.15, -0.1) is 0 Å². The highest BCUT2D eigenvalue weighted by Gasteiger charge is 2.51. The van der Waals surface area contributed by atoms with Crippen molar-refractivity contribution in [2.75, 3.05) is 56.1 Å². The van der Waals surface area contributed by atoms with E-state index in [4.69, 9.17) is 12.2 Å². The predicted octanol–water partition coefficient (Wildman–Crippen LogP) is 6.88. The number of unbranched alkanes of at least 4 members (excludes halogenated alkanes) is 3. The van der Waals surface area contributed by atoms with Crippen LogP contribution in [0.1, 0.15) is 79.1 Å². The van der Waals surface area contributed by atoms with Crippen molar-refractivity contribution in [2.45, 2.75) is 71.1 Å². The van der Waals surface area contributed by atoms with Crippen molar-refractivity contribution in [3.63, 3.8) is 0 Å². The number of nitrogens with zero attached hydrogens (tertiary/aromatic N) is 7. The second-order valence-electron chi connectivity index (χ2n) is 15.3. The second-order valence-corrected chi connectivity index (χ2v) is 15.7. The molecule has 0 unspecified atom stereocenters. The molecule has 0 radical (unpaired) electrons. The van der Waals surface area contributed by atoms with E-state index in [1.807, 2.05) is 25.3 Å². The number of aromatic nitrogens is 2. The lowest BCUT2D eigenvalue weighted by atomic mass is 10.0. The number of carbonyl (C=O) groups excluding carboxylic acids is 2. The van der Waals surface area contributed by atoms with Gasteiger partial charge in [0.2, 0.25) is 0 Å². The molecule has 16 heteroatoms. The lowest BCUT2D eigenvalue weighted by molar-refractivity contribution is -0.137. The molecular formula is C42H46F4N8O3S. The fraction of sp³-hybridized carbons (Fsp3) is 0.429. The van der Waals surface area contributed by atoms with E-state index in [2.05, 4.69) is 19.8 Å². The minimum atomic E-state index is -4.85. The van der Waals surface area contributed by atoms with Crippen LogP contribution in [0.15, 0.2) is 59.5 Å². The third-order valence-corrected chi connectivity index (χ3v) is 11.3. The number of hydrogen-bond acceptors (Lipinski definition) is 8. The molecule has 2 aliphatic rings. The van der Waals surface area contributed by atoms with Gasteiger partial charge in [0.25, 0.3) is 17.4 Å². The molecule has 2 aliphatic heterocycles. The fourth-order valence-electron chi connectivity index (χ4n) is 7.57.